The second-order valence-electron chi connectivity index (χ2n) is 5.29. The summed E-state index contributed by atoms with van der Waals surface area (Å²) >= 11 is 0. The smallest absolute Gasteiger partial charge is 0.249 e. The van der Waals surface area contributed by atoms with Crippen LogP contribution in [0, 0.1) is 5.82 Å². The van der Waals surface area contributed by atoms with Crippen molar-refractivity contribution in [3.8, 4) is 0 Å². The van der Waals surface area contributed by atoms with E-state index >= 15 is 0 Å². The number of halogens is 1. The minimum absolute atomic E-state index is 0.00175. The van der Waals surface area contributed by atoms with Crippen LogP contribution in [0.5, 0.6) is 0 Å². The quantitative estimate of drug-likeness (QED) is 0.786. The Morgan fingerprint density at radius 2 is 1.90 bits per heavy atom. The predicted octanol–water partition coefficient (Wildman–Crippen LogP) is 1.94. The maximum absolute atomic E-state index is 13.9. The Labute approximate surface area is 117 Å². The fourth-order valence-electron chi connectivity index (χ4n) is 3.04. The Hall–Kier alpha value is -1.91. The van der Waals surface area contributed by atoms with Crippen LogP contribution in [0.3, 0.4) is 0 Å². The lowest BCUT2D eigenvalue weighted by molar-refractivity contribution is -0.139. The van der Waals surface area contributed by atoms with E-state index in [1.807, 2.05) is 0 Å². The zero-order valence-electron chi connectivity index (χ0n) is 11.2. The first kappa shape index (κ1) is 13.1. The Morgan fingerprint density at radius 1 is 1.10 bits per heavy atom. The number of hydrogen-bond acceptors (Lipinski definition) is 2. The van der Waals surface area contributed by atoms with E-state index in [0.717, 1.165) is 12.8 Å². The van der Waals surface area contributed by atoms with Crippen molar-refractivity contribution in [2.24, 2.45) is 0 Å². The van der Waals surface area contributed by atoms with Crippen LogP contribution in [0.15, 0.2) is 24.3 Å². The third-order valence-electron chi connectivity index (χ3n) is 4.07. The molecule has 2 aliphatic heterocycles. The number of carbonyl (C=O) groups is 2. The normalized spacial score (nSPS) is 23.6. The highest BCUT2D eigenvalue weighted by atomic mass is 19.1. The second kappa shape index (κ2) is 5.23. The molecule has 2 fully saturated rings. The number of fused-ring (bicyclic) bond motifs is 1. The van der Waals surface area contributed by atoms with E-state index in [-0.39, 0.29) is 30.5 Å². The Bertz CT molecular complexity index is 546. The highest BCUT2D eigenvalue weighted by Crippen LogP contribution is 2.27. The average Bonchev–Trinajstić information content (AvgIpc) is 2.59. The Kier molecular flexibility index (Phi) is 3.42. The summed E-state index contributed by atoms with van der Waals surface area (Å²) in [6, 6.07) is 5.82. The molecule has 0 radical (unpaired) electrons. The molecule has 0 saturated carbocycles. The largest absolute Gasteiger partial charge is 0.331 e. The molecule has 1 aromatic rings. The predicted molar refractivity (Wildman–Crippen MR) is 72.7 cm³/mol. The lowest BCUT2D eigenvalue weighted by Gasteiger charge is -2.34. The maximum Gasteiger partial charge on any atom is 0.249 e. The van der Waals surface area contributed by atoms with E-state index in [9.17, 15) is 14.0 Å². The van der Waals surface area contributed by atoms with Gasteiger partial charge >= 0.3 is 0 Å². The molecule has 0 spiro atoms. The van der Waals surface area contributed by atoms with Gasteiger partial charge in [-0.1, -0.05) is 12.1 Å². The van der Waals surface area contributed by atoms with Gasteiger partial charge in [0.25, 0.3) is 0 Å². The fraction of sp³-hybridized carbons (Fsp3) is 0.467. The average molecular weight is 276 g/mol. The van der Waals surface area contributed by atoms with Gasteiger partial charge in [-0.05, 0) is 31.4 Å². The summed E-state index contributed by atoms with van der Waals surface area (Å²) in [4.78, 5) is 27.9. The number of hydrogen-bond donors (Lipinski definition) is 0. The van der Waals surface area contributed by atoms with Gasteiger partial charge in [-0.25, -0.2) is 4.39 Å². The van der Waals surface area contributed by atoms with Gasteiger partial charge < -0.3 is 9.80 Å². The van der Waals surface area contributed by atoms with Crippen molar-refractivity contribution in [3.05, 3.63) is 30.1 Å². The fourth-order valence-corrected chi connectivity index (χ4v) is 3.04. The maximum atomic E-state index is 13.9. The molecule has 2 saturated heterocycles. The molecular weight excluding hydrogens is 259 g/mol. The number of rotatable bonds is 1. The summed E-state index contributed by atoms with van der Waals surface area (Å²) in [7, 11) is 0. The minimum Gasteiger partial charge on any atom is -0.331 e. The van der Waals surface area contributed by atoms with E-state index in [0.29, 0.717) is 13.0 Å². The Balaban J connectivity index is 1.95. The first-order valence-corrected chi connectivity index (χ1v) is 7.04. The van der Waals surface area contributed by atoms with E-state index in [1.165, 1.54) is 11.0 Å². The van der Waals surface area contributed by atoms with E-state index < -0.39 is 11.9 Å². The third kappa shape index (κ3) is 2.17. The molecule has 1 atom stereocenters. The van der Waals surface area contributed by atoms with Gasteiger partial charge in [0.15, 0.2) is 0 Å². The number of amides is 2. The Morgan fingerprint density at radius 3 is 2.70 bits per heavy atom. The van der Waals surface area contributed by atoms with Crippen LogP contribution in [0.2, 0.25) is 0 Å². The summed E-state index contributed by atoms with van der Waals surface area (Å²) in [5, 5.41) is 0. The molecule has 2 aliphatic rings. The first-order chi connectivity index (χ1) is 9.68. The number of benzene rings is 1. The van der Waals surface area contributed by atoms with Crippen LogP contribution >= 0.6 is 0 Å². The molecule has 106 valence electrons. The zero-order valence-corrected chi connectivity index (χ0v) is 11.2. The molecule has 2 amide bonds. The van der Waals surface area contributed by atoms with Crippen molar-refractivity contribution in [3.63, 3.8) is 0 Å². The number of anilines is 1. The number of carbonyl (C=O) groups excluding carboxylic acids is 2. The van der Waals surface area contributed by atoms with Crippen LogP contribution < -0.4 is 4.90 Å². The SMILES string of the molecule is O=C1C2CCCCN2C(=O)CCN1c1ccccc1F. The highest BCUT2D eigenvalue weighted by molar-refractivity contribution is 6.01. The second-order valence-corrected chi connectivity index (χ2v) is 5.29. The van der Waals surface area contributed by atoms with Crippen LogP contribution in [0.1, 0.15) is 25.7 Å². The molecule has 2 heterocycles. The van der Waals surface area contributed by atoms with Gasteiger partial charge in [0.05, 0.1) is 5.69 Å². The molecule has 3 rings (SSSR count). The van der Waals surface area contributed by atoms with Crippen molar-refractivity contribution in [2.45, 2.75) is 31.7 Å². The summed E-state index contributed by atoms with van der Waals surface area (Å²) in [5.41, 5.74) is 0.276. The van der Waals surface area contributed by atoms with Gasteiger partial charge in [-0.3, -0.25) is 9.59 Å². The summed E-state index contributed by atoms with van der Waals surface area (Å²) in [6.45, 7) is 0.895. The van der Waals surface area contributed by atoms with Crippen molar-refractivity contribution in [1.29, 1.82) is 0 Å². The minimum atomic E-state index is -0.419. The van der Waals surface area contributed by atoms with Gasteiger partial charge in [0.1, 0.15) is 11.9 Å². The van der Waals surface area contributed by atoms with E-state index in [2.05, 4.69) is 0 Å². The molecular formula is C15H17FN2O2. The van der Waals surface area contributed by atoms with Gasteiger partial charge in [0, 0.05) is 19.5 Å². The molecule has 0 aliphatic carbocycles. The zero-order chi connectivity index (χ0) is 14.1. The number of piperidine rings is 1. The van der Waals surface area contributed by atoms with Crippen molar-refractivity contribution in [2.75, 3.05) is 18.0 Å². The molecule has 1 unspecified atom stereocenters. The molecule has 0 aromatic heterocycles. The molecule has 5 heteroatoms. The van der Waals surface area contributed by atoms with Crippen LogP contribution in [0.25, 0.3) is 0 Å². The molecule has 0 bridgehead atoms. The molecule has 0 N–H and O–H groups in total. The first-order valence-electron chi connectivity index (χ1n) is 7.04. The van der Waals surface area contributed by atoms with Crippen molar-refractivity contribution < 1.29 is 14.0 Å². The lowest BCUT2D eigenvalue weighted by atomic mass is 10.0. The van der Waals surface area contributed by atoms with Gasteiger partial charge in [-0.15, -0.1) is 0 Å². The van der Waals surface area contributed by atoms with Crippen molar-refractivity contribution in [1.82, 2.24) is 4.90 Å². The van der Waals surface area contributed by atoms with Gasteiger partial charge in [0.2, 0.25) is 11.8 Å². The summed E-state index contributed by atoms with van der Waals surface area (Å²) in [5.74, 6) is -0.569. The van der Waals surface area contributed by atoms with E-state index in [4.69, 9.17) is 0 Å². The van der Waals surface area contributed by atoms with Gasteiger partial charge in [-0.2, -0.15) is 0 Å². The summed E-state index contributed by atoms with van der Waals surface area (Å²) in [6.07, 6.45) is 2.81. The summed E-state index contributed by atoms with van der Waals surface area (Å²) < 4.78 is 13.9. The third-order valence-corrected chi connectivity index (χ3v) is 4.07. The number of nitrogens with zero attached hydrogens (tertiary/aromatic N) is 2. The topological polar surface area (TPSA) is 40.6 Å². The van der Waals surface area contributed by atoms with Crippen LogP contribution in [-0.4, -0.2) is 35.8 Å². The monoisotopic (exact) mass is 276 g/mol. The van der Waals surface area contributed by atoms with Crippen LogP contribution in [0.4, 0.5) is 10.1 Å². The number of para-hydroxylation sites is 1. The van der Waals surface area contributed by atoms with Crippen molar-refractivity contribution >= 4 is 17.5 Å². The lowest BCUT2D eigenvalue weighted by Crippen LogP contribution is -2.50. The van der Waals surface area contributed by atoms with Crippen LogP contribution in [-0.2, 0) is 9.59 Å². The molecule has 4 nitrogen and oxygen atoms in total. The van der Waals surface area contributed by atoms with E-state index in [1.54, 1.807) is 23.1 Å². The molecule has 1 aromatic carbocycles. The molecule has 20 heavy (non-hydrogen) atoms. The highest BCUT2D eigenvalue weighted by Gasteiger charge is 2.38. The standard InChI is InChI=1S/C15H17FN2O2/c16-11-5-1-2-6-12(11)18-10-8-14(19)17-9-4-3-7-13(17)15(18)20/h1-2,5-6,13H,3-4,7-10H2.